The Kier molecular flexibility index (Phi) is 4.92. The average molecular weight is 187 g/mol. The molecule has 0 aromatic rings. The molecule has 0 heterocycles. The van der Waals surface area contributed by atoms with Gasteiger partial charge in [-0.3, -0.25) is 0 Å². The second-order valence-corrected chi connectivity index (χ2v) is 3.45. The van der Waals surface area contributed by atoms with Crippen LogP contribution in [0.5, 0.6) is 0 Å². The Bertz CT molecular complexity index is 104. The van der Waals surface area contributed by atoms with Crippen LogP contribution in [-0.2, 0) is 0 Å². The van der Waals surface area contributed by atoms with Crippen LogP contribution in [0.3, 0.4) is 0 Å². The molecule has 0 rings (SSSR count). The van der Waals surface area contributed by atoms with E-state index in [-0.39, 0.29) is 6.54 Å². The Morgan fingerprint density at radius 3 is 2.27 bits per heavy atom. The SMILES string of the molecule is CCCSC(CN)C(F)(F)F. The summed E-state index contributed by atoms with van der Waals surface area (Å²) in [6.07, 6.45) is -3.40. The van der Waals surface area contributed by atoms with Crippen molar-refractivity contribution >= 4 is 11.8 Å². The molecule has 11 heavy (non-hydrogen) atoms. The highest BCUT2D eigenvalue weighted by molar-refractivity contribution is 8.00. The molecule has 0 spiro atoms. The smallest absolute Gasteiger partial charge is 0.329 e. The van der Waals surface area contributed by atoms with Gasteiger partial charge >= 0.3 is 6.18 Å². The molecule has 0 saturated heterocycles. The van der Waals surface area contributed by atoms with E-state index in [1.165, 1.54) is 0 Å². The molecular formula is C6H12F3NS. The van der Waals surface area contributed by atoms with Gasteiger partial charge in [0.2, 0.25) is 0 Å². The van der Waals surface area contributed by atoms with E-state index in [0.29, 0.717) is 5.75 Å². The third kappa shape index (κ3) is 4.53. The lowest BCUT2D eigenvalue weighted by molar-refractivity contribution is -0.126. The molecule has 2 N–H and O–H groups in total. The summed E-state index contributed by atoms with van der Waals surface area (Å²) in [7, 11) is 0. The second kappa shape index (κ2) is 4.87. The molecule has 5 heteroatoms. The molecule has 0 radical (unpaired) electrons. The highest BCUT2D eigenvalue weighted by Crippen LogP contribution is 2.29. The summed E-state index contributed by atoms with van der Waals surface area (Å²) in [4.78, 5) is 0. The minimum atomic E-state index is -4.14. The third-order valence-electron chi connectivity index (χ3n) is 1.10. The van der Waals surface area contributed by atoms with E-state index < -0.39 is 11.4 Å². The van der Waals surface area contributed by atoms with Gasteiger partial charge in [-0.15, -0.1) is 11.8 Å². The Hall–Kier alpha value is 0.100. The van der Waals surface area contributed by atoms with Crippen molar-refractivity contribution in [1.82, 2.24) is 0 Å². The number of nitrogens with two attached hydrogens (primary N) is 1. The first kappa shape index (κ1) is 11.1. The molecule has 0 aromatic heterocycles. The summed E-state index contributed by atoms with van der Waals surface area (Å²) in [6.45, 7) is 1.52. The molecule has 0 bridgehead atoms. The minimum absolute atomic E-state index is 0.325. The average Bonchev–Trinajstić information content (AvgIpc) is 1.87. The van der Waals surface area contributed by atoms with Crippen molar-refractivity contribution in [2.24, 2.45) is 5.73 Å². The maximum Gasteiger partial charge on any atom is 0.401 e. The summed E-state index contributed by atoms with van der Waals surface area (Å²) < 4.78 is 35.8. The predicted molar refractivity (Wildman–Crippen MR) is 41.6 cm³/mol. The fourth-order valence-corrected chi connectivity index (χ4v) is 1.40. The van der Waals surface area contributed by atoms with Gasteiger partial charge in [0, 0.05) is 6.54 Å². The fourth-order valence-electron chi connectivity index (χ4n) is 0.556. The zero-order valence-electron chi connectivity index (χ0n) is 6.32. The first-order valence-corrected chi connectivity index (χ1v) is 4.45. The normalized spacial score (nSPS) is 15.0. The van der Waals surface area contributed by atoms with Crippen molar-refractivity contribution < 1.29 is 13.2 Å². The van der Waals surface area contributed by atoms with Gasteiger partial charge in [0.25, 0.3) is 0 Å². The Morgan fingerprint density at radius 2 is 2.00 bits per heavy atom. The molecule has 0 aliphatic rings. The van der Waals surface area contributed by atoms with Crippen LogP contribution in [0.15, 0.2) is 0 Å². The van der Waals surface area contributed by atoms with E-state index in [2.05, 4.69) is 0 Å². The Balaban J connectivity index is 3.76. The number of alkyl halides is 3. The van der Waals surface area contributed by atoms with Crippen molar-refractivity contribution in [3.63, 3.8) is 0 Å². The lowest BCUT2D eigenvalue weighted by Gasteiger charge is -2.16. The molecular weight excluding hydrogens is 175 g/mol. The first-order valence-electron chi connectivity index (χ1n) is 3.40. The molecule has 1 nitrogen and oxygen atoms in total. The number of hydrogen-bond acceptors (Lipinski definition) is 2. The fraction of sp³-hybridized carbons (Fsp3) is 1.00. The van der Waals surface area contributed by atoms with Crippen LogP contribution >= 0.6 is 11.8 Å². The van der Waals surface area contributed by atoms with Gasteiger partial charge in [-0.1, -0.05) is 6.92 Å². The van der Waals surface area contributed by atoms with E-state index in [1.807, 2.05) is 6.92 Å². The quantitative estimate of drug-likeness (QED) is 0.728. The van der Waals surface area contributed by atoms with E-state index in [1.54, 1.807) is 0 Å². The summed E-state index contributed by atoms with van der Waals surface area (Å²) in [5.41, 5.74) is 4.96. The number of hydrogen-bond donors (Lipinski definition) is 1. The van der Waals surface area contributed by atoms with Gasteiger partial charge in [-0.2, -0.15) is 13.2 Å². The van der Waals surface area contributed by atoms with Crippen LogP contribution in [0.4, 0.5) is 13.2 Å². The molecule has 0 saturated carbocycles. The number of rotatable bonds is 4. The standard InChI is InChI=1S/C6H12F3NS/c1-2-3-11-5(4-10)6(7,8)9/h5H,2-4,10H2,1H3. The van der Waals surface area contributed by atoms with Crippen molar-refractivity contribution in [3.8, 4) is 0 Å². The van der Waals surface area contributed by atoms with Gasteiger partial charge in [0.15, 0.2) is 0 Å². The zero-order chi connectivity index (χ0) is 8.91. The first-order chi connectivity index (χ1) is 5.02. The van der Waals surface area contributed by atoms with Gasteiger partial charge < -0.3 is 5.73 Å². The number of thioether (sulfide) groups is 1. The second-order valence-electron chi connectivity index (χ2n) is 2.14. The van der Waals surface area contributed by atoms with Crippen LogP contribution in [0.1, 0.15) is 13.3 Å². The van der Waals surface area contributed by atoms with Crippen LogP contribution in [0, 0.1) is 0 Å². The lowest BCUT2D eigenvalue weighted by Crippen LogP contribution is -2.33. The Morgan fingerprint density at radius 1 is 1.45 bits per heavy atom. The van der Waals surface area contributed by atoms with E-state index in [4.69, 9.17) is 5.73 Å². The minimum Gasteiger partial charge on any atom is -0.329 e. The molecule has 1 atom stereocenters. The molecule has 0 aromatic carbocycles. The lowest BCUT2D eigenvalue weighted by atomic mass is 10.4. The highest BCUT2D eigenvalue weighted by atomic mass is 32.2. The molecule has 0 fully saturated rings. The summed E-state index contributed by atoms with van der Waals surface area (Å²) in [5, 5.41) is -1.39. The van der Waals surface area contributed by atoms with Crippen LogP contribution < -0.4 is 5.73 Å². The highest BCUT2D eigenvalue weighted by Gasteiger charge is 2.38. The Labute approximate surface area is 68.5 Å². The summed E-state index contributed by atoms with van der Waals surface area (Å²) in [5.74, 6) is 0.515. The summed E-state index contributed by atoms with van der Waals surface area (Å²) >= 11 is 0.878. The third-order valence-corrected chi connectivity index (χ3v) is 2.61. The molecule has 1 unspecified atom stereocenters. The van der Waals surface area contributed by atoms with Crippen molar-refractivity contribution in [2.75, 3.05) is 12.3 Å². The largest absolute Gasteiger partial charge is 0.401 e. The van der Waals surface area contributed by atoms with Gasteiger partial charge in [0.1, 0.15) is 5.25 Å². The number of halogens is 3. The summed E-state index contributed by atoms with van der Waals surface area (Å²) in [6, 6.07) is 0. The van der Waals surface area contributed by atoms with Crippen LogP contribution in [-0.4, -0.2) is 23.7 Å². The maximum absolute atomic E-state index is 11.9. The predicted octanol–water partition coefficient (Wildman–Crippen LogP) is 2.02. The molecule has 0 amide bonds. The monoisotopic (exact) mass is 187 g/mol. The van der Waals surface area contributed by atoms with E-state index in [0.717, 1.165) is 18.2 Å². The zero-order valence-corrected chi connectivity index (χ0v) is 7.13. The topological polar surface area (TPSA) is 26.0 Å². The molecule has 0 aliphatic heterocycles. The molecule has 0 aliphatic carbocycles. The molecule has 68 valence electrons. The van der Waals surface area contributed by atoms with E-state index in [9.17, 15) is 13.2 Å². The maximum atomic E-state index is 11.9. The van der Waals surface area contributed by atoms with E-state index >= 15 is 0 Å². The van der Waals surface area contributed by atoms with Crippen molar-refractivity contribution in [3.05, 3.63) is 0 Å². The van der Waals surface area contributed by atoms with Gasteiger partial charge in [0.05, 0.1) is 0 Å². The van der Waals surface area contributed by atoms with Crippen LogP contribution in [0.25, 0.3) is 0 Å². The van der Waals surface area contributed by atoms with Crippen LogP contribution in [0.2, 0.25) is 0 Å². The van der Waals surface area contributed by atoms with Crippen molar-refractivity contribution in [1.29, 1.82) is 0 Å². The van der Waals surface area contributed by atoms with Gasteiger partial charge in [-0.25, -0.2) is 0 Å². The van der Waals surface area contributed by atoms with Crippen molar-refractivity contribution in [2.45, 2.75) is 24.8 Å². The van der Waals surface area contributed by atoms with Gasteiger partial charge in [-0.05, 0) is 12.2 Å².